The van der Waals surface area contributed by atoms with E-state index in [0.29, 0.717) is 19.3 Å². The lowest BCUT2D eigenvalue weighted by molar-refractivity contribution is -0.167. The van der Waals surface area contributed by atoms with Crippen LogP contribution in [-0.2, 0) is 28.6 Å². The molecule has 0 aliphatic carbocycles. The second-order valence-electron chi connectivity index (χ2n) is 19.2. The number of allylic oxidation sites excluding steroid dienone is 6. The van der Waals surface area contributed by atoms with E-state index in [1.165, 1.54) is 193 Å². The lowest BCUT2D eigenvalue weighted by Gasteiger charge is -2.18. The van der Waals surface area contributed by atoms with Crippen LogP contribution in [0.25, 0.3) is 0 Å². The molecular weight excluding hydrogens is 805 g/mol. The smallest absolute Gasteiger partial charge is 0.306 e. The highest BCUT2D eigenvalue weighted by molar-refractivity contribution is 5.71. The van der Waals surface area contributed by atoms with E-state index in [9.17, 15) is 14.4 Å². The molecule has 0 saturated heterocycles. The Morgan fingerprint density at radius 2 is 0.523 bits per heavy atom. The summed E-state index contributed by atoms with van der Waals surface area (Å²) in [5.74, 6) is -0.882. The third-order valence-electron chi connectivity index (χ3n) is 12.6. The maximum absolute atomic E-state index is 12.8. The highest BCUT2D eigenvalue weighted by Crippen LogP contribution is 2.16. The van der Waals surface area contributed by atoms with Crippen molar-refractivity contribution in [2.75, 3.05) is 13.2 Å². The van der Waals surface area contributed by atoms with Gasteiger partial charge in [0.15, 0.2) is 6.10 Å². The van der Waals surface area contributed by atoms with Gasteiger partial charge in [-0.25, -0.2) is 0 Å². The highest BCUT2D eigenvalue weighted by Gasteiger charge is 2.19. The van der Waals surface area contributed by atoms with Crippen molar-refractivity contribution in [2.45, 2.75) is 309 Å². The molecule has 1 atom stereocenters. The maximum atomic E-state index is 12.8. The van der Waals surface area contributed by atoms with Gasteiger partial charge in [-0.15, -0.1) is 0 Å². The molecule has 0 radical (unpaired) electrons. The summed E-state index contributed by atoms with van der Waals surface area (Å²) in [4.78, 5) is 38.1. The molecule has 0 aromatic rings. The summed E-state index contributed by atoms with van der Waals surface area (Å²) in [6, 6.07) is 0. The van der Waals surface area contributed by atoms with Gasteiger partial charge in [0, 0.05) is 19.3 Å². The third kappa shape index (κ3) is 52.5. The Labute approximate surface area is 404 Å². The molecule has 0 fully saturated rings. The summed E-state index contributed by atoms with van der Waals surface area (Å²) in [5.41, 5.74) is 0. The molecular formula is C59H108O6. The van der Waals surface area contributed by atoms with Gasteiger partial charge >= 0.3 is 17.9 Å². The second kappa shape index (κ2) is 54.2. The Hall–Kier alpha value is -2.37. The fraction of sp³-hybridized carbons (Fsp3) is 0.847. The first kappa shape index (κ1) is 62.6. The largest absolute Gasteiger partial charge is 0.462 e. The highest BCUT2D eigenvalue weighted by atomic mass is 16.6. The fourth-order valence-electron chi connectivity index (χ4n) is 8.24. The minimum Gasteiger partial charge on any atom is -0.462 e. The van der Waals surface area contributed by atoms with Crippen LogP contribution in [0.4, 0.5) is 0 Å². The van der Waals surface area contributed by atoms with E-state index < -0.39 is 6.10 Å². The molecule has 0 saturated carbocycles. The number of carbonyl (C=O) groups excluding carboxylic acids is 3. The summed E-state index contributed by atoms with van der Waals surface area (Å²) in [5, 5.41) is 0. The minimum atomic E-state index is -0.777. The summed E-state index contributed by atoms with van der Waals surface area (Å²) >= 11 is 0. The van der Waals surface area contributed by atoms with E-state index in [1.807, 2.05) is 0 Å². The molecule has 0 aromatic carbocycles. The van der Waals surface area contributed by atoms with Gasteiger partial charge < -0.3 is 14.2 Å². The van der Waals surface area contributed by atoms with E-state index in [4.69, 9.17) is 14.2 Å². The molecule has 0 spiro atoms. The number of unbranched alkanes of at least 4 members (excludes halogenated alkanes) is 35. The first-order valence-electron chi connectivity index (χ1n) is 28.5. The van der Waals surface area contributed by atoms with E-state index in [2.05, 4.69) is 57.2 Å². The lowest BCUT2D eigenvalue weighted by atomic mass is 10.0. The van der Waals surface area contributed by atoms with Gasteiger partial charge in [0.1, 0.15) is 13.2 Å². The number of hydrogen-bond donors (Lipinski definition) is 0. The third-order valence-corrected chi connectivity index (χ3v) is 12.6. The average molecular weight is 914 g/mol. The molecule has 6 nitrogen and oxygen atoms in total. The molecule has 380 valence electrons. The van der Waals surface area contributed by atoms with Gasteiger partial charge in [0.2, 0.25) is 0 Å². The second-order valence-corrected chi connectivity index (χ2v) is 19.2. The molecule has 0 bridgehead atoms. The minimum absolute atomic E-state index is 0.0772. The van der Waals surface area contributed by atoms with Gasteiger partial charge in [-0.3, -0.25) is 14.4 Å². The predicted octanol–water partition coefficient (Wildman–Crippen LogP) is 18.9. The van der Waals surface area contributed by atoms with Crippen molar-refractivity contribution in [3.63, 3.8) is 0 Å². The van der Waals surface area contributed by atoms with Crippen LogP contribution in [0.2, 0.25) is 0 Å². The number of hydrogen-bond acceptors (Lipinski definition) is 6. The van der Waals surface area contributed by atoms with Crippen LogP contribution in [0, 0.1) is 0 Å². The molecule has 0 aromatic heterocycles. The molecule has 0 N–H and O–H groups in total. The van der Waals surface area contributed by atoms with Gasteiger partial charge in [-0.05, 0) is 89.9 Å². The van der Waals surface area contributed by atoms with E-state index in [1.54, 1.807) is 0 Å². The number of ether oxygens (including phenoxy) is 3. The standard InChI is InChI=1S/C59H108O6/c1-4-7-10-13-16-19-22-24-26-27-28-29-30-31-33-35-38-41-44-47-50-53-59(62)65-56(54-63-57(60)51-48-45-42-39-36-21-18-15-12-9-6-3)55-64-58(61)52-49-46-43-40-37-34-32-25-23-20-17-14-11-8-5-2/h15,18,24-26,32,56H,4-14,16-17,19-23,27-31,33-55H2,1-3H3/b18-15-,26-24-,32-25-/t56-/m0/s1. The first-order chi connectivity index (χ1) is 32.0. The van der Waals surface area contributed by atoms with Crippen LogP contribution in [0.1, 0.15) is 303 Å². The monoisotopic (exact) mass is 913 g/mol. The lowest BCUT2D eigenvalue weighted by Crippen LogP contribution is -2.30. The molecule has 0 rings (SSSR count). The SMILES string of the molecule is CCCC/C=C\CCCCCCCC(=O)OC[C@@H](COC(=O)CCCCCCC/C=C\CCCCCCCC)OC(=O)CCCCCCCCCCCCC/C=C\CCCCCCCC. The van der Waals surface area contributed by atoms with Gasteiger partial charge in [-0.2, -0.15) is 0 Å². The summed E-state index contributed by atoms with van der Waals surface area (Å²) < 4.78 is 16.8. The fourth-order valence-corrected chi connectivity index (χ4v) is 8.24. The van der Waals surface area contributed by atoms with Crippen LogP contribution in [0.3, 0.4) is 0 Å². The topological polar surface area (TPSA) is 78.9 Å². The van der Waals surface area contributed by atoms with Crippen LogP contribution in [0.5, 0.6) is 0 Å². The van der Waals surface area contributed by atoms with Crippen molar-refractivity contribution in [1.82, 2.24) is 0 Å². The van der Waals surface area contributed by atoms with Crippen LogP contribution in [0.15, 0.2) is 36.5 Å². The zero-order valence-corrected chi connectivity index (χ0v) is 43.5. The van der Waals surface area contributed by atoms with Crippen molar-refractivity contribution < 1.29 is 28.6 Å². The molecule has 6 heteroatoms. The average Bonchev–Trinajstić information content (AvgIpc) is 3.30. The Morgan fingerprint density at radius 1 is 0.292 bits per heavy atom. The molecule has 0 heterocycles. The molecule has 65 heavy (non-hydrogen) atoms. The van der Waals surface area contributed by atoms with E-state index in [0.717, 1.165) is 70.6 Å². The van der Waals surface area contributed by atoms with E-state index in [-0.39, 0.29) is 31.1 Å². The normalized spacial score (nSPS) is 12.2. The maximum Gasteiger partial charge on any atom is 0.306 e. The Morgan fingerprint density at radius 3 is 0.815 bits per heavy atom. The van der Waals surface area contributed by atoms with Crippen molar-refractivity contribution in [2.24, 2.45) is 0 Å². The van der Waals surface area contributed by atoms with Crippen molar-refractivity contribution in [1.29, 1.82) is 0 Å². The van der Waals surface area contributed by atoms with Crippen molar-refractivity contribution >= 4 is 17.9 Å². The zero-order valence-electron chi connectivity index (χ0n) is 43.5. The van der Waals surface area contributed by atoms with Gasteiger partial charge in [-0.1, -0.05) is 231 Å². The molecule has 0 amide bonds. The Balaban J connectivity index is 4.30. The van der Waals surface area contributed by atoms with Crippen LogP contribution < -0.4 is 0 Å². The zero-order chi connectivity index (χ0) is 47.2. The van der Waals surface area contributed by atoms with Crippen LogP contribution in [-0.4, -0.2) is 37.2 Å². The first-order valence-corrected chi connectivity index (χ1v) is 28.5. The summed E-state index contributed by atoms with van der Waals surface area (Å²) in [6.45, 7) is 6.61. The van der Waals surface area contributed by atoms with Crippen LogP contribution >= 0.6 is 0 Å². The van der Waals surface area contributed by atoms with Crippen molar-refractivity contribution in [3.05, 3.63) is 36.5 Å². The molecule has 0 aliphatic rings. The number of esters is 3. The number of carbonyl (C=O) groups is 3. The summed E-state index contributed by atoms with van der Waals surface area (Å²) in [7, 11) is 0. The predicted molar refractivity (Wildman–Crippen MR) is 279 cm³/mol. The summed E-state index contributed by atoms with van der Waals surface area (Å²) in [6.07, 6.45) is 64.2. The quantitative estimate of drug-likeness (QED) is 0.0262. The Bertz CT molecular complexity index is 1090. The molecule has 0 aliphatic heterocycles. The van der Waals surface area contributed by atoms with E-state index >= 15 is 0 Å². The number of rotatable bonds is 52. The molecule has 0 unspecified atom stereocenters. The Kier molecular flexibility index (Phi) is 52.3. The van der Waals surface area contributed by atoms with Crippen molar-refractivity contribution in [3.8, 4) is 0 Å². The van der Waals surface area contributed by atoms with Gasteiger partial charge in [0.25, 0.3) is 0 Å². The van der Waals surface area contributed by atoms with Gasteiger partial charge in [0.05, 0.1) is 0 Å².